The average Bonchev–Trinajstić information content (AvgIpc) is 2.36. The van der Waals surface area contributed by atoms with Crippen LogP contribution in [-0.2, 0) is 10.0 Å². The molecule has 1 aromatic carbocycles. The minimum Gasteiger partial charge on any atom is -0.392 e. The molecule has 0 fully saturated rings. The van der Waals surface area contributed by atoms with E-state index in [2.05, 4.69) is 5.32 Å². The first-order valence-corrected chi connectivity index (χ1v) is 7.24. The monoisotopic (exact) mass is 303 g/mol. The first-order chi connectivity index (χ1) is 9.20. The van der Waals surface area contributed by atoms with Crippen molar-refractivity contribution in [2.24, 2.45) is 0 Å². The van der Waals surface area contributed by atoms with Crippen molar-refractivity contribution in [1.29, 1.82) is 0 Å². The molecule has 0 heterocycles. The largest absolute Gasteiger partial charge is 0.392 e. The van der Waals surface area contributed by atoms with E-state index in [1.54, 1.807) is 7.05 Å². The van der Waals surface area contributed by atoms with E-state index >= 15 is 0 Å². The molecular weight excluding hydrogens is 286 g/mol. The third kappa shape index (κ3) is 3.44. The highest BCUT2D eigenvalue weighted by Gasteiger charge is 2.30. The van der Waals surface area contributed by atoms with Crippen LogP contribution in [0.15, 0.2) is 23.1 Å². The number of benzene rings is 1. The van der Waals surface area contributed by atoms with Gasteiger partial charge in [0.15, 0.2) is 4.90 Å². The van der Waals surface area contributed by atoms with Crippen LogP contribution in [-0.4, -0.2) is 49.5 Å². The normalized spacial score (nSPS) is 13.2. The molecule has 8 nitrogen and oxygen atoms in total. The maximum absolute atomic E-state index is 12.3. The van der Waals surface area contributed by atoms with Crippen LogP contribution >= 0.6 is 0 Å². The first-order valence-electron chi connectivity index (χ1n) is 5.80. The predicted octanol–water partition coefficient (Wildman–Crippen LogP) is 0.638. The molecule has 0 saturated heterocycles. The van der Waals surface area contributed by atoms with E-state index in [-0.39, 0.29) is 6.54 Å². The van der Waals surface area contributed by atoms with Crippen molar-refractivity contribution in [2.45, 2.75) is 17.9 Å². The Bertz CT molecular complexity index is 600. The van der Waals surface area contributed by atoms with E-state index in [4.69, 9.17) is 0 Å². The number of nitro groups is 1. The van der Waals surface area contributed by atoms with Gasteiger partial charge in [-0.15, -0.1) is 0 Å². The van der Waals surface area contributed by atoms with E-state index in [1.807, 2.05) is 0 Å². The van der Waals surface area contributed by atoms with Gasteiger partial charge in [-0.1, -0.05) is 0 Å². The van der Waals surface area contributed by atoms with Crippen molar-refractivity contribution >= 4 is 21.4 Å². The second kappa shape index (κ2) is 6.16. The SMILES string of the molecule is CNc1ccc([N+](=O)[O-])c(S(=O)(=O)N(C)CC(C)O)c1. The Kier molecular flexibility index (Phi) is 5.03. The van der Waals surface area contributed by atoms with Gasteiger partial charge in [0.05, 0.1) is 11.0 Å². The molecule has 0 radical (unpaired) electrons. The van der Waals surface area contributed by atoms with Gasteiger partial charge in [0.25, 0.3) is 5.69 Å². The average molecular weight is 303 g/mol. The Labute approximate surface area is 117 Å². The molecule has 0 spiro atoms. The summed E-state index contributed by atoms with van der Waals surface area (Å²) in [6, 6.07) is 3.76. The molecule has 2 N–H and O–H groups in total. The molecule has 0 aliphatic rings. The van der Waals surface area contributed by atoms with E-state index in [1.165, 1.54) is 26.1 Å². The van der Waals surface area contributed by atoms with Gasteiger partial charge in [-0.25, -0.2) is 8.42 Å². The third-order valence-corrected chi connectivity index (χ3v) is 4.51. The lowest BCUT2D eigenvalue weighted by molar-refractivity contribution is -0.387. The van der Waals surface area contributed by atoms with Gasteiger partial charge in [0.1, 0.15) is 0 Å². The van der Waals surface area contributed by atoms with E-state index < -0.39 is 31.6 Å². The minimum absolute atomic E-state index is 0.150. The Hall–Kier alpha value is -1.71. The van der Waals surface area contributed by atoms with Crippen LogP contribution in [0.5, 0.6) is 0 Å². The number of nitro benzene ring substituents is 1. The summed E-state index contributed by atoms with van der Waals surface area (Å²) in [4.78, 5) is 9.81. The highest BCUT2D eigenvalue weighted by Crippen LogP contribution is 2.29. The molecular formula is C11H17N3O5S. The van der Waals surface area contributed by atoms with Crippen LogP contribution in [0.25, 0.3) is 0 Å². The van der Waals surface area contributed by atoms with Crippen LogP contribution in [0.1, 0.15) is 6.92 Å². The van der Waals surface area contributed by atoms with E-state index in [9.17, 15) is 23.6 Å². The zero-order valence-corrected chi connectivity index (χ0v) is 12.2. The van der Waals surface area contributed by atoms with Gasteiger partial charge in [-0.3, -0.25) is 10.1 Å². The number of hydrogen-bond donors (Lipinski definition) is 2. The lowest BCUT2D eigenvalue weighted by Crippen LogP contribution is -2.33. The molecule has 0 aliphatic heterocycles. The van der Waals surface area contributed by atoms with Gasteiger partial charge in [0.2, 0.25) is 10.0 Å². The van der Waals surface area contributed by atoms with Gasteiger partial charge in [-0.2, -0.15) is 4.31 Å². The van der Waals surface area contributed by atoms with Crippen molar-refractivity contribution in [2.75, 3.05) is 26.0 Å². The molecule has 20 heavy (non-hydrogen) atoms. The highest BCUT2D eigenvalue weighted by molar-refractivity contribution is 7.89. The van der Waals surface area contributed by atoms with Gasteiger partial charge >= 0.3 is 0 Å². The van der Waals surface area contributed by atoms with Crippen molar-refractivity contribution in [1.82, 2.24) is 4.31 Å². The topological polar surface area (TPSA) is 113 Å². The third-order valence-electron chi connectivity index (χ3n) is 2.65. The second-order valence-corrected chi connectivity index (χ2v) is 6.34. The number of aliphatic hydroxyl groups excluding tert-OH is 1. The van der Waals surface area contributed by atoms with Crippen LogP contribution in [0.2, 0.25) is 0 Å². The Morgan fingerprint density at radius 2 is 2.10 bits per heavy atom. The molecule has 0 aliphatic carbocycles. The van der Waals surface area contributed by atoms with Gasteiger partial charge in [0, 0.05) is 32.4 Å². The first kappa shape index (κ1) is 16.3. The molecule has 1 unspecified atom stereocenters. The van der Waals surface area contributed by atoms with Crippen LogP contribution in [0.4, 0.5) is 11.4 Å². The molecule has 0 saturated carbocycles. The summed E-state index contributed by atoms with van der Waals surface area (Å²) in [7, 11) is -1.21. The minimum atomic E-state index is -4.05. The summed E-state index contributed by atoms with van der Waals surface area (Å²) < 4.78 is 25.6. The number of rotatable bonds is 6. The van der Waals surface area contributed by atoms with Gasteiger partial charge < -0.3 is 10.4 Å². The second-order valence-electron chi connectivity index (χ2n) is 4.32. The maximum atomic E-state index is 12.3. The van der Waals surface area contributed by atoms with Crippen molar-refractivity contribution in [3.63, 3.8) is 0 Å². The summed E-state index contributed by atoms with van der Waals surface area (Å²) in [5.74, 6) is 0. The molecule has 0 bridgehead atoms. The predicted molar refractivity (Wildman–Crippen MR) is 74.1 cm³/mol. The number of anilines is 1. The lowest BCUT2D eigenvalue weighted by atomic mass is 10.3. The fourth-order valence-electron chi connectivity index (χ4n) is 1.67. The standard InChI is InChI=1S/C11H17N3O5S/c1-8(15)7-13(3)20(18,19)11-6-9(12-2)4-5-10(11)14(16)17/h4-6,8,12,15H,7H2,1-3H3. The smallest absolute Gasteiger partial charge is 0.289 e. The summed E-state index contributed by atoms with van der Waals surface area (Å²) in [5.41, 5.74) is -0.0546. The molecule has 1 rings (SSSR count). The number of likely N-dealkylation sites (N-methyl/N-ethyl adjacent to an activating group) is 1. The Morgan fingerprint density at radius 3 is 2.55 bits per heavy atom. The highest BCUT2D eigenvalue weighted by atomic mass is 32.2. The molecule has 9 heteroatoms. The fraction of sp³-hybridized carbons (Fsp3) is 0.455. The molecule has 1 atom stereocenters. The molecule has 0 amide bonds. The number of hydrogen-bond acceptors (Lipinski definition) is 6. The van der Waals surface area contributed by atoms with Crippen molar-refractivity contribution < 1.29 is 18.4 Å². The van der Waals surface area contributed by atoms with Crippen LogP contribution in [0.3, 0.4) is 0 Å². The number of nitrogens with zero attached hydrogens (tertiary/aromatic N) is 2. The van der Waals surface area contributed by atoms with E-state index in [0.717, 1.165) is 10.4 Å². The quantitative estimate of drug-likeness (QED) is 0.589. The molecule has 0 aromatic heterocycles. The molecule has 112 valence electrons. The van der Waals surface area contributed by atoms with Gasteiger partial charge in [-0.05, 0) is 19.1 Å². The molecule has 1 aromatic rings. The summed E-state index contributed by atoms with van der Waals surface area (Å²) in [6.07, 6.45) is -0.874. The number of sulfonamides is 1. The number of nitrogens with one attached hydrogen (secondary N) is 1. The summed E-state index contributed by atoms with van der Waals surface area (Å²) >= 11 is 0. The zero-order chi connectivity index (χ0) is 15.5. The van der Waals surface area contributed by atoms with Crippen LogP contribution in [0, 0.1) is 10.1 Å². The maximum Gasteiger partial charge on any atom is 0.289 e. The van der Waals surface area contributed by atoms with Crippen LogP contribution < -0.4 is 5.32 Å². The van der Waals surface area contributed by atoms with E-state index in [0.29, 0.717) is 5.69 Å². The summed E-state index contributed by atoms with van der Waals surface area (Å²) in [5, 5.41) is 23.0. The van der Waals surface area contributed by atoms with Crippen molar-refractivity contribution in [3.05, 3.63) is 28.3 Å². The Balaban J connectivity index is 3.38. The fourth-order valence-corrected chi connectivity index (χ4v) is 3.10. The number of aliphatic hydroxyl groups is 1. The Morgan fingerprint density at radius 1 is 1.50 bits per heavy atom. The lowest BCUT2D eigenvalue weighted by Gasteiger charge is -2.19. The summed E-state index contributed by atoms with van der Waals surface area (Å²) in [6.45, 7) is 1.29. The van der Waals surface area contributed by atoms with Crippen molar-refractivity contribution in [3.8, 4) is 0 Å². The zero-order valence-electron chi connectivity index (χ0n) is 11.4.